The molecule has 0 N–H and O–H groups in total. The quantitative estimate of drug-likeness (QED) is 0.796. The van der Waals surface area contributed by atoms with Crippen LogP contribution >= 0.6 is 0 Å². The minimum Gasteiger partial charge on any atom is -0.375 e. The third-order valence-corrected chi connectivity index (χ3v) is 5.77. The van der Waals surface area contributed by atoms with E-state index in [2.05, 4.69) is 26.5 Å². The van der Waals surface area contributed by atoms with Crippen molar-refractivity contribution < 1.29 is 9.47 Å². The molecule has 0 unspecified atom stereocenters. The molecule has 26 heavy (non-hydrogen) atoms. The Morgan fingerprint density at radius 1 is 1.31 bits per heavy atom. The van der Waals surface area contributed by atoms with E-state index in [1.165, 1.54) is 12.8 Å². The van der Waals surface area contributed by atoms with Gasteiger partial charge in [0.15, 0.2) is 0 Å². The first kappa shape index (κ1) is 17.6. The van der Waals surface area contributed by atoms with Gasteiger partial charge in [0.1, 0.15) is 5.82 Å². The number of morpholine rings is 1. The van der Waals surface area contributed by atoms with Crippen LogP contribution in [0.2, 0.25) is 0 Å². The molecule has 0 aromatic carbocycles. The van der Waals surface area contributed by atoms with Gasteiger partial charge in [-0.1, -0.05) is 12.5 Å². The van der Waals surface area contributed by atoms with E-state index < -0.39 is 0 Å². The molecule has 1 aliphatic heterocycles. The summed E-state index contributed by atoms with van der Waals surface area (Å²) in [4.78, 5) is 11.3. The van der Waals surface area contributed by atoms with E-state index in [9.17, 15) is 0 Å². The summed E-state index contributed by atoms with van der Waals surface area (Å²) in [6, 6.07) is 5.94. The molecule has 0 radical (unpaired) electrons. The number of ether oxygens (including phenoxy) is 2. The van der Waals surface area contributed by atoms with Crippen molar-refractivity contribution in [3.8, 4) is 0 Å². The molecule has 0 bridgehead atoms. The number of rotatable bonds is 6. The molecule has 2 aliphatic rings. The Hall–Kier alpha value is -1.76. The zero-order valence-electron chi connectivity index (χ0n) is 15.5. The van der Waals surface area contributed by atoms with Crippen LogP contribution in [0.3, 0.4) is 0 Å². The standard InChI is InChI=1S/C20H28N4O2/c1-23-10-9-22-19(23)13-24-11-12-26-20(16-24)7-4-5-17(20)14-25-15-18-6-2-3-8-21-18/h2-3,6,8-10,17H,4-5,7,11-16H2,1H3/t17-,20-/m1/s1. The lowest BCUT2D eigenvalue weighted by atomic mass is 9.89. The highest BCUT2D eigenvalue weighted by Gasteiger charge is 2.47. The molecular weight excluding hydrogens is 328 g/mol. The molecule has 6 nitrogen and oxygen atoms in total. The van der Waals surface area contributed by atoms with Crippen molar-refractivity contribution in [2.75, 3.05) is 26.3 Å². The zero-order chi connectivity index (χ0) is 17.8. The molecule has 2 aromatic heterocycles. The number of aromatic nitrogens is 3. The highest BCUT2D eigenvalue weighted by Crippen LogP contribution is 2.41. The van der Waals surface area contributed by atoms with Gasteiger partial charge in [-0.25, -0.2) is 4.98 Å². The largest absolute Gasteiger partial charge is 0.375 e. The van der Waals surface area contributed by atoms with Crippen molar-refractivity contribution in [3.63, 3.8) is 0 Å². The number of hydrogen-bond donors (Lipinski definition) is 0. The van der Waals surface area contributed by atoms with E-state index in [4.69, 9.17) is 9.47 Å². The smallest absolute Gasteiger partial charge is 0.122 e. The second kappa shape index (κ2) is 7.86. The van der Waals surface area contributed by atoms with E-state index in [1.54, 1.807) is 0 Å². The average Bonchev–Trinajstić information content (AvgIpc) is 3.23. The topological polar surface area (TPSA) is 52.4 Å². The highest BCUT2D eigenvalue weighted by atomic mass is 16.5. The van der Waals surface area contributed by atoms with Gasteiger partial charge in [-0.3, -0.25) is 9.88 Å². The van der Waals surface area contributed by atoms with Crippen molar-refractivity contribution in [1.82, 2.24) is 19.4 Å². The molecule has 1 spiro atoms. The van der Waals surface area contributed by atoms with Crippen molar-refractivity contribution in [2.45, 2.75) is 38.0 Å². The predicted molar refractivity (Wildman–Crippen MR) is 98.4 cm³/mol. The van der Waals surface area contributed by atoms with Crippen molar-refractivity contribution in [1.29, 1.82) is 0 Å². The van der Waals surface area contributed by atoms with Crippen LogP contribution < -0.4 is 0 Å². The molecular formula is C20H28N4O2. The Kier molecular flexibility index (Phi) is 5.33. The van der Waals surface area contributed by atoms with Crippen molar-refractivity contribution in [3.05, 3.63) is 48.3 Å². The van der Waals surface area contributed by atoms with E-state index in [0.717, 1.165) is 50.8 Å². The monoisotopic (exact) mass is 356 g/mol. The Morgan fingerprint density at radius 2 is 2.27 bits per heavy atom. The van der Waals surface area contributed by atoms with E-state index in [-0.39, 0.29) is 5.60 Å². The van der Waals surface area contributed by atoms with Crippen molar-refractivity contribution in [2.24, 2.45) is 13.0 Å². The molecule has 140 valence electrons. The third-order valence-electron chi connectivity index (χ3n) is 5.77. The fraction of sp³-hybridized carbons (Fsp3) is 0.600. The third kappa shape index (κ3) is 3.82. The predicted octanol–water partition coefficient (Wildman–Crippen LogP) is 2.40. The van der Waals surface area contributed by atoms with Gasteiger partial charge < -0.3 is 14.0 Å². The number of pyridine rings is 1. The van der Waals surface area contributed by atoms with Crippen LogP contribution in [0, 0.1) is 5.92 Å². The Bertz CT molecular complexity index is 705. The first-order valence-corrected chi connectivity index (χ1v) is 9.55. The molecule has 0 amide bonds. The lowest BCUT2D eigenvalue weighted by Gasteiger charge is -2.44. The molecule has 4 rings (SSSR count). The summed E-state index contributed by atoms with van der Waals surface area (Å²) in [6.45, 7) is 4.93. The summed E-state index contributed by atoms with van der Waals surface area (Å²) >= 11 is 0. The van der Waals surface area contributed by atoms with Gasteiger partial charge in [0, 0.05) is 44.6 Å². The fourth-order valence-electron chi connectivity index (χ4n) is 4.30. The minimum absolute atomic E-state index is 0.0620. The molecule has 3 heterocycles. The van der Waals surface area contributed by atoms with Gasteiger partial charge in [-0.15, -0.1) is 0 Å². The number of imidazole rings is 1. The van der Waals surface area contributed by atoms with Gasteiger partial charge in [0.05, 0.1) is 37.7 Å². The Balaban J connectivity index is 1.35. The number of hydrogen-bond acceptors (Lipinski definition) is 5. The van der Waals surface area contributed by atoms with Crippen LogP contribution in [0.4, 0.5) is 0 Å². The van der Waals surface area contributed by atoms with E-state index in [1.807, 2.05) is 36.8 Å². The van der Waals surface area contributed by atoms with Gasteiger partial charge in [-0.05, 0) is 25.0 Å². The fourth-order valence-corrected chi connectivity index (χ4v) is 4.30. The first-order valence-electron chi connectivity index (χ1n) is 9.55. The van der Waals surface area contributed by atoms with Crippen LogP contribution in [0.25, 0.3) is 0 Å². The van der Waals surface area contributed by atoms with Gasteiger partial charge in [0.2, 0.25) is 0 Å². The summed E-state index contributed by atoms with van der Waals surface area (Å²) in [7, 11) is 2.06. The van der Waals surface area contributed by atoms with Gasteiger partial charge in [-0.2, -0.15) is 0 Å². The highest BCUT2D eigenvalue weighted by molar-refractivity contribution is 5.03. The maximum absolute atomic E-state index is 6.36. The van der Waals surface area contributed by atoms with Crippen LogP contribution in [-0.2, 0) is 29.7 Å². The molecule has 2 fully saturated rings. The number of nitrogens with zero attached hydrogens (tertiary/aromatic N) is 4. The second-order valence-corrected chi connectivity index (χ2v) is 7.50. The molecule has 1 saturated carbocycles. The first-order chi connectivity index (χ1) is 12.8. The Morgan fingerprint density at radius 3 is 3.08 bits per heavy atom. The lowest BCUT2D eigenvalue weighted by molar-refractivity contribution is -0.144. The van der Waals surface area contributed by atoms with E-state index in [0.29, 0.717) is 12.5 Å². The molecule has 1 saturated heterocycles. The van der Waals surface area contributed by atoms with Crippen LogP contribution in [0.15, 0.2) is 36.8 Å². The summed E-state index contributed by atoms with van der Waals surface area (Å²) in [5, 5.41) is 0. The summed E-state index contributed by atoms with van der Waals surface area (Å²) in [5.41, 5.74) is 0.925. The van der Waals surface area contributed by atoms with Gasteiger partial charge in [0.25, 0.3) is 0 Å². The summed E-state index contributed by atoms with van der Waals surface area (Å²) < 4.78 is 14.5. The minimum atomic E-state index is -0.0620. The van der Waals surface area contributed by atoms with Crippen molar-refractivity contribution >= 4 is 0 Å². The molecule has 2 atom stereocenters. The lowest BCUT2D eigenvalue weighted by Crippen LogP contribution is -2.54. The molecule has 6 heteroatoms. The van der Waals surface area contributed by atoms with Gasteiger partial charge >= 0.3 is 0 Å². The number of aryl methyl sites for hydroxylation is 1. The molecule has 2 aromatic rings. The zero-order valence-corrected chi connectivity index (χ0v) is 15.5. The molecule has 1 aliphatic carbocycles. The summed E-state index contributed by atoms with van der Waals surface area (Å²) in [5.74, 6) is 1.57. The van der Waals surface area contributed by atoms with Crippen LogP contribution in [0.5, 0.6) is 0 Å². The Labute approximate surface area is 155 Å². The van der Waals surface area contributed by atoms with Crippen LogP contribution in [0.1, 0.15) is 30.8 Å². The van der Waals surface area contributed by atoms with E-state index >= 15 is 0 Å². The normalized spacial score (nSPS) is 26.6. The maximum Gasteiger partial charge on any atom is 0.122 e. The summed E-state index contributed by atoms with van der Waals surface area (Å²) in [6.07, 6.45) is 9.22. The maximum atomic E-state index is 6.36. The average molecular weight is 356 g/mol. The second-order valence-electron chi connectivity index (χ2n) is 7.50. The van der Waals surface area contributed by atoms with Crippen LogP contribution in [-0.4, -0.2) is 51.3 Å². The SMILES string of the molecule is Cn1ccnc1CN1CCO[C@]2(CCC[C@@H]2COCc2ccccn2)C1.